The molecule has 1 saturated carbocycles. The second-order valence-electron chi connectivity index (χ2n) is 5.78. The maximum Gasteiger partial charge on any atom is 0.123 e. The van der Waals surface area contributed by atoms with Gasteiger partial charge < -0.3 is 4.74 Å². The molecule has 3 N–H and O–H groups in total. The molecular formula is C16H25FN2O. The topological polar surface area (TPSA) is 47.3 Å². The summed E-state index contributed by atoms with van der Waals surface area (Å²) < 4.78 is 19.5. The van der Waals surface area contributed by atoms with Crippen LogP contribution in [0.25, 0.3) is 0 Å². The number of hydrogen-bond donors (Lipinski definition) is 2. The molecule has 1 atom stereocenters. The Balaban J connectivity index is 2.40. The summed E-state index contributed by atoms with van der Waals surface area (Å²) in [6.07, 6.45) is 6.61. The second kappa shape index (κ2) is 6.66. The van der Waals surface area contributed by atoms with Crippen LogP contribution in [-0.2, 0) is 4.74 Å². The van der Waals surface area contributed by atoms with Gasteiger partial charge in [-0.3, -0.25) is 11.3 Å². The fourth-order valence-electron chi connectivity index (χ4n) is 3.39. The molecule has 0 aliphatic heterocycles. The standard InChI is InChI=1S/C16H25FN2O/c1-12-7-8-13(17)11-14(12)15(19-18)16(20-2)9-5-3-4-6-10-16/h7-8,11,15,19H,3-6,9-10,18H2,1-2H3. The Labute approximate surface area is 120 Å². The molecule has 3 nitrogen and oxygen atoms in total. The molecule has 0 amide bonds. The number of nitrogens with one attached hydrogen (secondary N) is 1. The maximum absolute atomic E-state index is 13.6. The predicted molar refractivity (Wildman–Crippen MR) is 78.6 cm³/mol. The number of aryl methyl sites for hydroxylation is 1. The average molecular weight is 280 g/mol. The number of hydrazine groups is 1. The fourth-order valence-corrected chi connectivity index (χ4v) is 3.39. The molecule has 0 spiro atoms. The minimum atomic E-state index is -0.343. The van der Waals surface area contributed by atoms with Crippen molar-refractivity contribution in [3.05, 3.63) is 35.1 Å². The van der Waals surface area contributed by atoms with Crippen LogP contribution in [0.15, 0.2) is 18.2 Å². The largest absolute Gasteiger partial charge is 0.376 e. The Hall–Kier alpha value is -0.970. The van der Waals surface area contributed by atoms with E-state index in [1.54, 1.807) is 19.2 Å². The minimum Gasteiger partial charge on any atom is -0.376 e. The summed E-state index contributed by atoms with van der Waals surface area (Å²) in [6.45, 7) is 1.99. The molecule has 1 aliphatic rings. The molecule has 1 fully saturated rings. The monoisotopic (exact) mass is 280 g/mol. The van der Waals surface area contributed by atoms with E-state index in [9.17, 15) is 4.39 Å². The van der Waals surface area contributed by atoms with Gasteiger partial charge in [0, 0.05) is 7.11 Å². The molecule has 1 aromatic carbocycles. The first-order valence-corrected chi connectivity index (χ1v) is 7.40. The van der Waals surface area contributed by atoms with E-state index < -0.39 is 0 Å². The van der Waals surface area contributed by atoms with E-state index in [-0.39, 0.29) is 17.5 Å². The summed E-state index contributed by atoms with van der Waals surface area (Å²) in [5.41, 5.74) is 4.48. The van der Waals surface area contributed by atoms with Crippen molar-refractivity contribution >= 4 is 0 Å². The lowest BCUT2D eigenvalue weighted by atomic mass is 9.81. The molecular weight excluding hydrogens is 255 g/mol. The molecule has 0 saturated heterocycles. The zero-order valence-electron chi connectivity index (χ0n) is 12.4. The fraction of sp³-hybridized carbons (Fsp3) is 0.625. The van der Waals surface area contributed by atoms with Crippen molar-refractivity contribution in [3.63, 3.8) is 0 Å². The summed E-state index contributed by atoms with van der Waals surface area (Å²) in [6, 6.07) is 4.68. The van der Waals surface area contributed by atoms with Gasteiger partial charge in [-0.1, -0.05) is 31.7 Å². The molecule has 0 bridgehead atoms. The maximum atomic E-state index is 13.6. The van der Waals surface area contributed by atoms with Crippen LogP contribution in [0.5, 0.6) is 0 Å². The molecule has 0 aromatic heterocycles. The van der Waals surface area contributed by atoms with Crippen LogP contribution in [0.4, 0.5) is 4.39 Å². The van der Waals surface area contributed by atoms with Crippen molar-refractivity contribution in [1.82, 2.24) is 5.43 Å². The molecule has 4 heteroatoms. The van der Waals surface area contributed by atoms with E-state index in [0.29, 0.717) is 0 Å². The summed E-state index contributed by atoms with van der Waals surface area (Å²) in [5, 5.41) is 0. The molecule has 112 valence electrons. The molecule has 1 unspecified atom stereocenters. The Morgan fingerprint density at radius 2 is 1.90 bits per heavy atom. The highest BCUT2D eigenvalue weighted by Crippen LogP contribution is 2.40. The molecule has 0 heterocycles. The Kier molecular flexibility index (Phi) is 5.13. The molecule has 20 heavy (non-hydrogen) atoms. The van der Waals surface area contributed by atoms with Crippen LogP contribution in [0.1, 0.15) is 55.7 Å². The smallest absolute Gasteiger partial charge is 0.123 e. The van der Waals surface area contributed by atoms with E-state index >= 15 is 0 Å². The van der Waals surface area contributed by atoms with Gasteiger partial charge >= 0.3 is 0 Å². The van der Waals surface area contributed by atoms with Gasteiger partial charge in [-0.2, -0.15) is 0 Å². The molecule has 1 aromatic rings. The van der Waals surface area contributed by atoms with Gasteiger partial charge in [-0.25, -0.2) is 4.39 Å². The first-order valence-electron chi connectivity index (χ1n) is 7.40. The van der Waals surface area contributed by atoms with Crippen molar-refractivity contribution in [2.45, 2.75) is 57.1 Å². The lowest BCUT2D eigenvalue weighted by Gasteiger charge is -2.39. The van der Waals surface area contributed by atoms with E-state index in [2.05, 4.69) is 5.43 Å². The van der Waals surface area contributed by atoms with Gasteiger partial charge in [0.25, 0.3) is 0 Å². The average Bonchev–Trinajstić information content (AvgIpc) is 2.70. The molecule has 1 aliphatic carbocycles. The number of nitrogens with two attached hydrogens (primary N) is 1. The quantitative estimate of drug-likeness (QED) is 0.505. The van der Waals surface area contributed by atoms with Gasteiger partial charge in [0.2, 0.25) is 0 Å². The van der Waals surface area contributed by atoms with Crippen molar-refractivity contribution < 1.29 is 9.13 Å². The van der Waals surface area contributed by atoms with Gasteiger partial charge in [-0.15, -0.1) is 0 Å². The molecule has 2 rings (SSSR count). The van der Waals surface area contributed by atoms with Crippen LogP contribution in [0.3, 0.4) is 0 Å². The van der Waals surface area contributed by atoms with Crippen LogP contribution in [0.2, 0.25) is 0 Å². The first-order chi connectivity index (χ1) is 9.63. The van der Waals surface area contributed by atoms with Gasteiger partial charge in [0.15, 0.2) is 0 Å². The third kappa shape index (κ3) is 3.03. The predicted octanol–water partition coefficient (Wildman–Crippen LogP) is 3.38. The second-order valence-corrected chi connectivity index (χ2v) is 5.78. The van der Waals surface area contributed by atoms with Gasteiger partial charge in [0.1, 0.15) is 5.82 Å². The van der Waals surface area contributed by atoms with E-state index in [4.69, 9.17) is 10.6 Å². The Bertz CT molecular complexity index is 442. The lowest BCUT2D eigenvalue weighted by molar-refractivity contribution is -0.0543. The van der Waals surface area contributed by atoms with Gasteiger partial charge in [0.05, 0.1) is 11.6 Å². The van der Waals surface area contributed by atoms with Crippen molar-refractivity contribution in [2.24, 2.45) is 5.84 Å². The van der Waals surface area contributed by atoms with Crippen LogP contribution < -0.4 is 11.3 Å². The highest BCUT2D eigenvalue weighted by molar-refractivity contribution is 5.32. The zero-order valence-corrected chi connectivity index (χ0v) is 12.4. The van der Waals surface area contributed by atoms with E-state index in [0.717, 1.165) is 36.8 Å². The van der Waals surface area contributed by atoms with Crippen molar-refractivity contribution in [1.29, 1.82) is 0 Å². The summed E-state index contributed by atoms with van der Waals surface area (Å²) in [7, 11) is 1.74. The number of halogens is 1. The number of hydrogen-bond acceptors (Lipinski definition) is 3. The number of rotatable bonds is 4. The van der Waals surface area contributed by atoms with Crippen LogP contribution >= 0.6 is 0 Å². The van der Waals surface area contributed by atoms with Crippen LogP contribution in [0, 0.1) is 12.7 Å². The normalized spacial score (nSPS) is 20.4. The third-order valence-electron chi connectivity index (χ3n) is 4.60. The van der Waals surface area contributed by atoms with E-state index in [1.807, 2.05) is 6.92 Å². The number of ether oxygens (including phenoxy) is 1. The minimum absolute atomic E-state index is 0.179. The van der Waals surface area contributed by atoms with Crippen molar-refractivity contribution in [3.8, 4) is 0 Å². The summed E-state index contributed by atoms with van der Waals surface area (Å²) in [5.74, 6) is 5.58. The molecule has 0 radical (unpaired) electrons. The Morgan fingerprint density at radius 3 is 2.45 bits per heavy atom. The third-order valence-corrected chi connectivity index (χ3v) is 4.60. The van der Waals surface area contributed by atoms with Crippen molar-refractivity contribution in [2.75, 3.05) is 7.11 Å². The Morgan fingerprint density at radius 1 is 1.25 bits per heavy atom. The number of benzene rings is 1. The highest BCUT2D eigenvalue weighted by atomic mass is 19.1. The lowest BCUT2D eigenvalue weighted by Crippen LogP contribution is -2.48. The summed E-state index contributed by atoms with van der Waals surface area (Å²) in [4.78, 5) is 0. The number of methoxy groups -OCH3 is 1. The van der Waals surface area contributed by atoms with Crippen LogP contribution in [-0.4, -0.2) is 12.7 Å². The first kappa shape index (κ1) is 15.4. The highest BCUT2D eigenvalue weighted by Gasteiger charge is 2.40. The van der Waals surface area contributed by atoms with E-state index in [1.165, 1.54) is 18.9 Å². The van der Waals surface area contributed by atoms with Gasteiger partial charge in [-0.05, 0) is 43.0 Å². The SMILES string of the molecule is COC1(C(NN)c2cc(F)ccc2C)CCCCCC1. The zero-order chi connectivity index (χ0) is 14.6. The summed E-state index contributed by atoms with van der Waals surface area (Å²) >= 11 is 0.